The SMILES string of the molecule is CN1CC[C@]23c4c5ccc(O)c4O[C@H]2[C@@H]([O-])C=C[C@H]3[C@H]1C5.[Na+]. The monoisotopic (exact) mass is 307 g/mol. The number of nitrogens with zero attached hydrogens (tertiary/aromatic N) is 1. The molecule has 2 aliphatic carbocycles. The van der Waals surface area contributed by atoms with Gasteiger partial charge in [-0.1, -0.05) is 24.3 Å². The van der Waals surface area contributed by atoms with Crippen molar-refractivity contribution >= 4 is 0 Å². The normalized spacial score (nSPS) is 40.6. The van der Waals surface area contributed by atoms with Gasteiger partial charge in [-0.2, -0.15) is 0 Å². The minimum Gasteiger partial charge on any atom is -0.846 e. The Bertz CT molecular complexity index is 676. The molecule has 0 amide bonds. The molecular weight excluding hydrogens is 289 g/mol. The van der Waals surface area contributed by atoms with E-state index in [1.165, 1.54) is 5.56 Å². The van der Waals surface area contributed by atoms with Crippen molar-refractivity contribution < 1.29 is 44.5 Å². The molecule has 22 heavy (non-hydrogen) atoms. The molecule has 0 aromatic heterocycles. The third-order valence-electron chi connectivity index (χ3n) is 6.13. The number of phenols is 1. The maximum atomic E-state index is 12.5. The van der Waals surface area contributed by atoms with Gasteiger partial charge in [-0.05, 0) is 38.1 Å². The zero-order valence-corrected chi connectivity index (χ0v) is 15.0. The Morgan fingerprint density at radius 1 is 1.36 bits per heavy atom. The van der Waals surface area contributed by atoms with Crippen molar-refractivity contribution in [2.75, 3.05) is 13.6 Å². The standard InChI is InChI=1S/C17H18NO3.Na/c1-18-7-6-17-10-3-5-13(20)16(17)21-15-12(19)4-2-9(14(15)17)8-11(10)18;/h2-5,10-11,13,16,19H,6-8H2,1H3;/q-1;+1/t10-,11+,13-,16-,17-;/m0./s1. The summed E-state index contributed by atoms with van der Waals surface area (Å²) in [4.78, 5) is 2.41. The number of ether oxygens (including phenoxy) is 1. The first-order chi connectivity index (χ1) is 10.1. The van der Waals surface area contributed by atoms with Crippen molar-refractivity contribution in [3.8, 4) is 11.5 Å². The number of phenolic OH excluding ortho intramolecular Hbond substituents is 1. The fourth-order valence-corrected chi connectivity index (χ4v) is 5.22. The molecule has 4 aliphatic rings. The molecule has 1 N–H and O–H groups in total. The molecule has 0 saturated carbocycles. The van der Waals surface area contributed by atoms with Gasteiger partial charge in [0.1, 0.15) is 6.10 Å². The van der Waals surface area contributed by atoms with Crippen molar-refractivity contribution in [1.82, 2.24) is 4.90 Å². The molecule has 0 unspecified atom stereocenters. The molecule has 2 bridgehead atoms. The molecule has 1 spiro atoms. The average Bonchev–Trinajstić information content (AvgIpc) is 2.83. The van der Waals surface area contributed by atoms with Crippen LogP contribution in [0.5, 0.6) is 11.5 Å². The molecule has 1 saturated heterocycles. The predicted molar refractivity (Wildman–Crippen MR) is 75.4 cm³/mol. The van der Waals surface area contributed by atoms with E-state index < -0.39 is 6.10 Å². The van der Waals surface area contributed by atoms with Crippen LogP contribution in [0.25, 0.3) is 0 Å². The van der Waals surface area contributed by atoms with Crippen LogP contribution in [-0.2, 0) is 11.8 Å². The van der Waals surface area contributed by atoms with Crippen molar-refractivity contribution in [3.05, 3.63) is 35.4 Å². The molecule has 1 fully saturated rings. The third-order valence-corrected chi connectivity index (χ3v) is 6.13. The Balaban J connectivity index is 0.00000125. The number of hydrogen-bond donors (Lipinski definition) is 1. The first-order valence-corrected chi connectivity index (χ1v) is 7.69. The van der Waals surface area contributed by atoms with E-state index in [2.05, 4.69) is 18.0 Å². The number of hydrogen-bond acceptors (Lipinski definition) is 4. The van der Waals surface area contributed by atoms with Gasteiger partial charge >= 0.3 is 29.6 Å². The van der Waals surface area contributed by atoms with E-state index in [9.17, 15) is 10.2 Å². The molecule has 0 radical (unpaired) electrons. The number of likely N-dealkylation sites (N-methyl/N-ethyl adjacent to an activating group) is 1. The molecule has 2 heterocycles. The van der Waals surface area contributed by atoms with Gasteiger partial charge in [0.2, 0.25) is 0 Å². The van der Waals surface area contributed by atoms with E-state index in [0.717, 1.165) is 24.9 Å². The Hall–Kier alpha value is -0.520. The first kappa shape index (κ1) is 15.0. The van der Waals surface area contributed by atoms with Crippen LogP contribution in [0.3, 0.4) is 0 Å². The number of likely N-dealkylation sites (tertiary alicyclic amines) is 1. The van der Waals surface area contributed by atoms with Crippen molar-refractivity contribution in [1.29, 1.82) is 0 Å². The van der Waals surface area contributed by atoms with Gasteiger partial charge in [-0.25, -0.2) is 0 Å². The van der Waals surface area contributed by atoms with Gasteiger partial charge in [-0.15, -0.1) is 0 Å². The minimum absolute atomic E-state index is 0. The second kappa shape index (κ2) is 4.74. The van der Waals surface area contributed by atoms with Crippen LogP contribution in [-0.4, -0.2) is 41.8 Å². The zero-order valence-electron chi connectivity index (χ0n) is 13.0. The van der Waals surface area contributed by atoms with Gasteiger partial charge in [0, 0.05) is 22.9 Å². The quantitative estimate of drug-likeness (QED) is 0.428. The Kier molecular flexibility index (Phi) is 3.24. The van der Waals surface area contributed by atoms with Crippen LogP contribution < -0.4 is 39.4 Å². The minimum atomic E-state index is -0.844. The summed E-state index contributed by atoms with van der Waals surface area (Å²) in [5, 5.41) is 22.7. The van der Waals surface area contributed by atoms with Gasteiger partial charge in [0.05, 0.1) is 0 Å². The summed E-state index contributed by atoms with van der Waals surface area (Å²) in [6.45, 7) is 0.982. The Labute approximate surface area is 152 Å². The van der Waals surface area contributed by atoms with Crippen LogP contribution >= 0.6 is 0 Å². The number of aromatic hydroxyl groups is 1. The molecule has 2 aliphatic heterocycles. The summed E-state index contributed by atoms with van der Waals surface area (Å²) in [6.07, 6.45) is 4.58. The first-order valence-electron chi connectivity index (χ1n) is 7.69. The van der Waals surface area contributed by atoms with Gasteiger partial charge in [0.15, 0.2) is 11.5 Å². The third kappa shape index (κ3) is 1.55. The summed E-state index contributed by atoms with van der Waals surface area (Å²) in [5.74, 6) is 1.08. The van der Waals surface area contributed by atoms with E-state index in [1.54, 1.807) is 12.1 Å². The summed E-state index contributed by atoms with van der Waals surface area (Å²) >= 11 is 0. The molecule has 5 atom stereocenters. The van der Waals surface area contributed by atoms with E-state index >= 15 is 0 Å². The molecule has 5 rings (SSSR count). The molecule has 5 heteroatoms. The maximum Gasteiger partial charge on any atom is 1.00 e. The van der Waals surface area contributed by atoms with Gasteiger partial charge in [0.25, 0.3) is 0 Å². The van der Waals surface area contributed by atoms with Crippen LogP contribution in [0.2, 0.25) is 0 Å². The van der Waals surface area contributed by atoms with Gasteiger partial charge in [-0.3, -0.25) is 0 Å². The fraction of sp³-hybridized carbons (Fsp3) is 0.529. The van der Waals surface area contributed by atoms with Crippen molar-refractivity contribution in [3.63, 3.8) is 0 Å². The van der Waals surface area contributed by atoms with Crippen LogP contribution in [0.4, 0.5) is 0 Å². The van der Waals surface area contributed by atoms with Crippen LogP contribution in [0, 0.1) is 5.92 Å². The topological polar surface area (TPSA) is 55.8 Å². The zero-order chi connectivity index (χ0) is 14.4. The van der Waals surface area contributed by atoms with E-state index in [4.69, 9.17) is 4.74 Å². The number of rotatable bonds is 0. The Morgan fingerprint density at radius 2 is 2.18 bits per heavy atom. The summed E-state index contributed by atoms with van der Waals surface area (Å²) in [6, 6.07) is 4.16. The largest absolute Gasteiger partial charge is 1.00 e. The Morgan fingerprint density at radius 3 is 3.00 bits per heavy atom. The van der Waals surface area contributed by atoms with E-state index in [1.807, 2.05) is 6.07 Å². The summed E-state index contributed by atoms with van der Waals surface area (Å²) in [7, 11) is 2.17. The average molecular weight is 307 g/mol. The predicted octanol–water partition coefficient (Wildman–Crippen LogP) is -2.43. The summed E-state index contributed by atoms with van der Waals surface area (Å²) in [5.41, 5.74) is 2.16. The summed E-state index contributed by atoms with van der Waals surface area (Å²) < 4.78 is 6.02. The second-order valence-electron chi connectivity index (χ2n) is 6.90. The number of piperidine rings is 1. The van der Waals surface area contributed by atoms with Crippen LogP contribution in [0.1, 0.15) is 17.5 Å². The molecular formula is C17H18NNaO3. The van der Waals surface area contributed by atoms with E-state index in [0.29, 0.717) is 17.7 Å². The fourth-order valence-electron chi connectivity index (χ4n) is 5.22. The molecule has 110 valence electrons. The number of benzene rings is 1. The second-order valence-corrected chi connectivity index (χ2v) is 6.90. The van der Waals surface area contributed by atoms with Gasteiger partial charge < -0.3 is 19.8 Å². The molecule has 4 nitrogen and oxygen atoms in total. The van der Waals surface area contributed by atoms with Crippen LogP contribution in [0.15, 0.2) is 24.3 Å². The van der Waals surface area contributed by atoms with Crippen molar-refractivity contribution in [2.24, 2.45) is 5.92 Å². The molecule has 1 aromatic carbocycles. The molecule has 1 aromatic rings. The van der Waals surface area contributed by atoms with Crippen molar-refractivity contribution in [2.45, 2.75) is 36.5 Å². The van der Waals surface area contributed by atoms with E-state index in [-0.39, 0.29) is 46.8 Å². The maximum absolute atomic E-state index is 12.5. The smallest absolute Gasteiger partial charge is 0.846 e.